The number of rotatable bonds is 6. The third-order valence-electron chi connectivity index (χ3n) is 2.46. The maximum absolute atomic E-state index is 5.62. The zero-order valence-electron chi connectivity index (χ0n) is 8.88. The van der Waals surface area contributed by atoms with Crippen molar-refractivity contribution in [3.05, 3.63) is 0 Å². The first kappa shape index (κ1) is 11.0. The second kappa shape index (κ2) is 5.58. The largest absolute Gasteiger partial charge is 0.376 e. The summed E-state index contributed by atoms with van der Waals surface area (Å²) in [7, 11) is 0. The quantitative estimate of drug-likeness (QED) is 0.677. The van der Waals surface area contributed by atoms with Gasteiger partial charge in [-0.15, -0.1) is 0 Å². The van der Waals surface area contributed by atoms with Gasteiger partial charge in [0.05, 0.1) is 12.2 Å². The SMILES string of the molecule is CCNC1CC(OCC)C1OCC. The van der Waals surface area contributed by atoms with Crippen LogP contribution in [0.25, 0.3) is 0 Å². The van der Waals surface area contributed by atoms with E-state index in [2.05, 4.69) is 12.2 Å². The smallest absolute Gasteiger partial charge is 0.0990 e. The molecule has 1 fully saturated rings. The maximum atomic E-state index is 5.62. The highest BCUT2D eigenvalue weighted by atomic mass is 16.5. The minimum atomic E-state index is 0.268. The van der Waals surface area contributed by atoms with Gasteiger partial charge in [-0.3, -0.25) is 0 Å². The molecule has 0 heterocycles. The van der Waals surface area contributed by atoms with Crippen molar-refractivity contribution >= 4 is 0 Å². The summed E-state index contributed by atoms with van der Waals surface area (Å²) in [6, 6.07) is 0.501. The maximum Gasteiger partial charge on any atom is 0.0990 e. The minimum Gasteiger partial charge on any atom is -0.376 e. The first-order chi connectivity index (χ1) is 6.33. The second-order valence-electron chi connectivity index (χ2n) is 3.31. The zero-order chi connectivity index (χ0) is 9.68. The van der Waals surface area contributed by atoms with Crippen LogP contribution in [0.2, 0.25) is 0 Å². The molecule has 3 heteroatoms. The average molecular weight is 187 g/mol. The molecule has 0 aromatic heterocycles. The van der Waals surface area contributed by atoms with Gasteiger partial charge in [-0.25, -0.2) is 0 Å². The van der Waals surface area contributed by atoms with Gasteiger partial charge in [-0.1, -0.05) is 6.92 Å². The van der Waals surface area contributed by atoms with Crippen molar-refractivity contribution in [2.75, 3.05) is 19.8 Å². The summed E-state index contributed by atoms with van der Waals surface area (Å²) in [5.41, 5.74) is 0. The van der Waals surface area contributed by atoms with Crippen LogP contribution in [0.15, 0.2) is 0 Å². The number of ether oxygens (including phenoxy) is 2. The Bertz CT molecular complexity index is 129. The summed E-state index contributed by atoms with van der Waals surface area (Å²) < 4.78 is 11.2. The molecule has 0 aromatic carbocycles. The van der Waals surface area contributed by atoms with Crippen LogP contribution in [0.4, 0.5) is 0 Å². The molecule has 0 amide bonds. The predicted molar refractivity (Wildman–Crippen MR) is 52.9 cm³/mol. The van der Waals surface area contributed by atoms with Crippen LogP contribution in [0, 0.1) is 0 Å². The number of hydrogen-bond donors (Lipinski definition) is 1. The van der Waals surface area contributed by atoms with E-state index < -0.39 is 0 Å². The fraction of sp³-hybridized carbons (Fsp3) is 1.00. The van der Waals surface area contributed by atoms with Crippen LogP contribution in [-0.2, 0) is 9.47 Å². The first-order valence-corrected chi connectivity index (χ1v) is 5.30. The highest BCUT2D eigenvalue weighted by Gasteiger charge is 2.41. The van der Waals surface area contributed by atoms with Gasteiger partial charge >= 0.3 is 0 Å². The third-order valence-corrected chi connectivity index (χ3v) is 2.46. The summed E-state index contributed by atoms with van der Waals surface area (Å²) in [4.78, 5) is 0. The Hall–Kier alpha value is -0.120. The lowest BCUT2D eigenvalue weighted by Crippen LogP contribution is -2.60. The Balaban J connectivity index is 2.28. The molecule has 3 atom stereocenters. The molecular formula is C10H21NO2. The van der Waals surface area contributed by atoms with E-state index >= 15 is 0 Å². The monoisotopic (exact) mass is 187 g/mol. The number of likely N-dealkylation sites (N-methyl/N-ethyl adjacent to an activating group) is 1. The first-order valence-electron chi connectivity index (χ1n) is 5.30. The fourth-order valence-electron chi connectivity index (χ4n) is 1.84. The third kappa shape index (κ3) is 2.66. The molecule has 1 rings (SSSR count). The van der Waals surface area contributed by atoms with Crippen LogP contribution in [0.3, 0.4) is 0 Å². The Morgan fingerprint density at radius 3 is 2.38 bits per heavy atom. The average Bonchev–Trinajstić information content (AvgIpc) is 2.13. The van der Waals surface area contributed by atoms with Crippen molar-refractivity contribution < 1.29 is 9.47 Å². The molecule has 0 radical (unpaired) electrons. The van der Waals surface area contributed by atoms with Crippen LogP contribution in [0.5, 0.6) is 0 Å². The normalized spacial score (nSPS) is 33.0. The topological polar surface area (TPSA) is 30.5 Å². The predicted octanol–water partition coefficient (Wildman–Crippen LogP) is 1.18. The Kier molecular flexibility index (Phi) is 4.70. The Labute approximate surface area is 80.8 Å². The van der Waals surface area contributed by atoms with Gasteiger partial charge in [-0.2, -0.15) is 0 Å². The molecule has 0 bridgehead atoms. The molecule has 13 heavy (non-hydrogen) atoms. The van der Waals surface area contributed by atoms with Gasteiger partial charge < -0.3 is 14.8 Å². The van der Waals surface area contributed by atoms with Crippen molar-refractivity contribution in [3.63, 3.8) is 0 Å². The summed E-state index contributed by atoms with van der Waals surface area (Å²) >= 11 is 0. The van der Waals surface area contributed by atoms with Crippen molar-refractivity contribution in [3.8, 4) is 0 Å². The number of nitrogens with one attached hydrogen (secondary N) is 1. The van der Waals surface area contributed by atoms with Crippen molar-refractivity contribution in [2.24, 2.45) is 0 Å². The molecule has 3 unspecified atom stereocenters. The van der Waals surface area contributed by atoms with Gasteiger partial charge in [0.1, 0.15) is 0 Å². The minimum absolute atomic E-state index is 0.268. The summed E-state index contributed by atoms with van der Waals surface area (Å²) in [5, 5.41) is 3.40. The van der Waals surface area contributed by atoms with E-state index in [9.17, 15) is 0 Å². The second-order valence-corrected chi connectivity index (χ2v) is 3.31. The van der Waals surface area contributed by atoms with Gasteiger partial charge in [0.25, 0.3) is 0 Å². The van der Waals surface area contributed by atoms with Gasteiger partial charge in [-0.05, 0) is 26.8 Å². The van der Waals surface area contributed by atoms with Crippen molar-refractivity contribution in [1.29, 1.82) is 0 Å². The van der Waals surface area contributed by atoms with E-state index in [1.165, 1.54) is 0 Å². The molecule has 0 saturated heterocycles. The zero-order valence-corrected chi connectivity index (χ0v) is 8.88. The van der Waals surface area contributed by atoms with Crippen molar-refractivity contribution in [1.82, 2.24) is 5.32 Å². The molecule has 1 aliphatic rings. The Morgan fingerprint density at radius 2 is 1.85 bits per heavy atom. The molecule has 1 N–H and O–H groups in total. The van der Waals surface area contributed by atoms with E-state index in [0.29, 0.717) is 12.1 Å². The van der Waals surface area contributed by atoms with E-state index in [0.717, 1.165) is 26.2 Å². The molecule has 0 spiro atoms. The molecular weight excluding hydrogens is 166 g/mol. The lowest BCUT2D eigenvalue weighted by atomic mass is 9.85. The van der Waals surface area contributed by atoms with E-state index in [-0.39, 0.29) is 6.10 Å². The van der Waals surface area contributed by atoms with Gasteiger partial charge in [0.2, 0.25) is 0 Å². The summed E-state index contributed by atoms with van der Waals surface area (Å²) in [5.74, 6) is 0. The van der Waals surface area contributed by atoms with Crippen molar-refractivity contribution in [2.45, 2.75) is 45.4 Å². The molecule has 3 nitrogen and oxygen atoms in total. The molecule has 0 aromatic rings. The summed E-state index contributed by atoms with van der Waals surface area (Å²) in [6.07, 6.45) is 1.67. The molecule has 78 valence electrons. The molecule has 1 aliphatic carbocycles. The Morgan fingerprint density at radius 1 is 1.15 bits per heavy atom. The van der Waals surface area contributed by atoms with Gasteiger partial charge in [0.15, 0.2) is 0 Å². The number of hydrogen-bond acceptors (Lipinski definition) is 3. The van der Waals surface area contributed by atoms with Crippen LogP contribution in [-0.4, -0.2) is 38.0 Å². The van der Waals surface area contributed by atoms with Crippen LogP contribution < -0.4 is 5.32 Å². The standard InChI is InChI=1S/C10H21NO2/c1-4-11-8-7-9(12-5-2)10(8)13-6-3/h8-11H,4-7H2,1-3H3. The van der Waals surface area contributed by atoms with Gasteiger partial charge in [0, 0.05) is 19.3 Å². The highest BCUT2D eigenvalue weighted by molar-refractivity contribution is 4.96. The van der Waals surface area contributed by atoms with E-state index in [4.69, 9.17) is 9.47 Å². The van der Waals surface area contributed by atoms with Crippen LogP contribution in [0.1, 0.15) is 27.2 Å². The summed E-state index contributed by atoms with van der Waals surface area (Å²) in [6.45, 7) is 8.75. The molecule has 0 aliphatic heterocycles. The van der Waals surface area contributed by atoms with Crippen LogP contribution >= 0.6 is 0 Å². The van der Waals surface area contributed by atoms with E-state index in [1.807, 2.05) is 13.8 Å². The lowest BCUT2D eigenvalue weighted by molar-refractivity contribution is -0.142. The highest BCUT2D eigenvalue weighted by Crippen LogP contribution is 2.27. The fourth-order valence-corrected chi connectivity index (χ4v) is 1.84. The van der Waals surface area contributed by atoms with E-state index in [1.54, 1.807) is 0 Å². The lowest BCUT2D eigenvalue weighted by Gasteiger charge is -2.44. The molecule has 1 saturated carbocycles.